The Morgan fingerprint density at radius 3 is 2.52 bits per heavy atom. The van der Waals surface area contributed by atoms with Crippen molar-refractivity contribution in [2.24, 2.45) is 4.99 Å². The molecule has 2 aromatic rings. The number of guanidine groups is 1. The van der Waals surface area contributed by atoms with Crippen molar-refractivity contribution in [3.05, 3.63) is 52.0 Å². The van der Waals surface area contributed by atoms with Crippen LogP contribution in [0.25, 0.3) is 0 Å². The number of rotatable bonds is 6. The molecular formula is C19H28N4OS. The Morgan fingerprint density at radius 2 is 1.96 bits per heavy atom. The molecule has 2 rings (SSSR count). The molecule has 1 aromatic heterocycles. The summed E-state index contributed by atoms with van der Waals surface area (Å²) in [6.45, 7) is 7.84. The van der Waals surface area contributed by atoms with Crippen molar-refractivity contribution in [3.8, 4) is 0 Å². The summed E-state index contributed by atoms with van der Waals surface area (Å²) >= 11 is 1.69. The number of aliphatic imine (C=N–C) groups is 1. The minimum Gasteiger partial charge on any atom is -0.396 e. The normalized spacial score (nSPS) is 13.6. The molecule has 1 aromatic carbocycles. The third kappa shape index (κ3) is 5.83. The lowest BCUT2D eigenvalue weighted by Crippen LogP contribution is -2.39. The number of thiazole rings is 1. The summed E-state index contributed by atoms with van der Waals surface area (Å²) in [5.41, 5.74) is 2.20. The van der Waals surface area contributed by atoms with Gasteiger partial charge in [0, 0.05) is 30.3 Å². The molecule has 6 heteroatoms. The van der Waals surface area contributed by atoms with Gasteiger partial charge in [-0.15, -0.1) is 11.3 Å². The highest BCUT2D eigenvalue weighted by Gasteiger charge is 2.18. The lowest BCUT2D eigenvalue weighted by molar-refractivity contribution is 0.265. The second kappa shape index (κ2) is 8.97. The molecule has 1 atom stereocenters. The fraction of sp³-hybridized carbons (Fsp3) is 0.474. The summed E-state index contributed by atoms with van der Waals surface area (Å²) < 4.78 is 0. The monoisotopic (exact) mass is 360 g/mol. The summed E-state index contributed by atoms with van der Waals surface area (Å²) in [7, 11) is 1.74. The second-order valence-electron chi connectivity index (χ2n) is 6.99. The minimum absolute atomic E-state index is 0.0338. The van der Waals surface area contributed by atoms with Crippen molar-refractivity contribution in [2.75, 3.05) is 20.2 Å². The number of nitrogens with zero attached hydrogens (tertiary/aromatic N) is 2. The molecule has 0 aliphatic rings. The predicted octanol–water partition coefficient (Wildman–Crippen LogP) is 2.88. The van der Waals surface area contributed by atoms with Crippen LogP contribution in [-0.4, -0.2) is 36.2 Å². The highest BCUT2D eigenvalue weighted by Crippen LogP contribution is 2.25. The lowest BCUT2D eigenvalue weighted by Gasteiger charge is -2.18. The summed E-state index contributed by atoms with van der Waals surface area (Å²) in [5, 5.41) is 19.4. The van der Waals surface area contributed by atoms with Gasteiger partial charge in [-0.1, -0.05) is 51.1 Å². The SMILES string of the molecule is CN=C(NCc1csc(C(C)(C)C)n1)NCC(CO)c1ccccc1. The third-order valence-corrected chi connectivity index (χ3v) is 5.18. The fourth-order valence-corrected chi connectivity index (χ4v) is 3.27. The van der Waals surface area contributed by atoms with Crippen LogP contribution in [0.4, 0.5) is 0 Å². The first-order valence-corrected chi connectivity index (χ1v) is 9.37. The van der Waals surface area contributed by atoms with E-state index >= 15 is 0 Å². The van der Waals surface area contributed by atoms with E-state index in [9.17, 15) is 5.11 Å². The number of benzene rings is 1. The van der Waals surface area contributed by atoms with Gasteiger partial charge >= 0.3 is 0 Å². The number of aliphatic hydroxyl groups is 1. The molecule has 136 valence electrons. The molecule has 0 bridgehead atoms. The van der Waals surface area contributed by atoms with Crippen molar-refractivity contribution in [2.45, 2.75) is 38.6 Å². The molecule has 0 radical (unpaired) electrons. The van der Waals surface area contributed by atoms with E-state index in [4.69, 9.17) is 0 Å². The molecule has 5 nitrogen and oxygen atoms in total. The lowest BCUT2D eigenvalue weighted by atomic mass is 9.98. The number of nitrogens with one attached hydrogen (secondary N) is 2. The minimum atomic E-state index is 0.0338. The van der Waals surface area contributed by atoms with Gasteiger partial charge in [-0.25, -0.2) is 4.98 Å². The molecule has 0 saturated heterocycles. The van der Waals surface area contributed by atoms with Gasteiger partial charge < -0.3 is 15.7 Å². The van der Waals surface area contributed by atoms with Gasteiger partial charge in [0.05, 0.1) is 23.9 Å². The zero-order chi connectivity index (χ0) is 18.3. The van der Waals surface area contributed by atoms with E-state index in [1.807, 2.05) is 30.3 Å². The summed E-state index contributed by atoms with van der Waals surface area (Å²) in [6.07, 6.45) is 0. The van der Waals surface area contributed by atoms with Crippen molar-refractivity contribution in [1.29, 1.82) is 0 Å². The Bertz CT molecular complexity index is 676. The maximum atomic E-state index is 9.64. The van der Waals surface area contributed by atoms with Crippen LogP contribution in [-0.2, 0) is 12.0 Å². The van der Waals surface area contributed by atoms with Crippen LogP contribution in [0.15, 0.2) is 40.7 Å². The van der Waals surface area contributed by atoms with Crippen LogP contribution in [0.1, 0.15) is 43.0 Å². The van der Waals surface area contributed by atoms with Crippen molar-refractivity contribution in [3.63, 3.8) is 0 Å². The number of hydrogen-bond acceptors (Lipinski definition) is 4. The van der Waals surface area contributed by atoms with E-state index in [1.165, 1.54) is 0 Å². The Hall–Kier alpha value is -1.92. The standard InChI is InChI=1S/C19H28N4OS/c1-19(2,3)17-23-16(13-25-17)11-22-18(20-4)21-10-15(12-24)14-8-6-5-7-9-14/h5-9,13,15,24H,10-12H2,1-4H3,(H2,20,21,22). The van der Waals surface area contributed by atoms with E-state index < -0.39 is 0 Å². The summed E-state index contributed by atoms with van der Waals surface area (Å²) in [5.74, 6) is 0.742. The zero-order valence-electron chi connectivity index (χ0n) is 15.4. The van der Waals surface area contributed by atoms with E-state index in [0.717, 1.165) is 16.3 Å². The Balaban J connectivity index is 1.87. The second-order valence-corrected chi connectivity index (χ2v) is 7.85. The van der Waals surface area contributed by atoms with Crippen LogP contribution >= 0.6 is 11.3 Å². The van der Waals surface area contributed by atoms with E-state index in [1.54, 1.807) is 18.4 Å². The van der Waals surface area contributed by atoms with Gasteiger partial charge in [-0.2, -0.15) is 0 Å². The average molecular weight is 361 g/mol. The molecule has 0 fully saturated rings. The smallest absolute Gasteiger partial charge is 0.191 e. The fourth-order valence-electron chi connectivity index (χ4n) is 2.36. The topological polar surface area (TPSA) is 69.5 Å². The Morgan fingerprint density at radius 1 is 1.24 bits per heavy atom. The molecule has 1 unspecified atom stereocenters. The van der Waals surface area contributed by atoms with Crippen LogP contribution in [0.5, 0.6) is 0 Å². The molecule has 0 saturated carbocycles. The highest BCUT2D eigenvalue weighted by atomic mass is 32.1. The van der Waals surface area contributed by atoms with Crippen LogP contribution < -0.4 is 10.6 Å². The van der Waals surface area contributed by atoms with Gasteiger partial charge in [0.2, 0.25) is 0 Å². The van der Waals surface area contributed by atoms with Crippen molar-refractivity contribution in [1.82, 2.24) is 15.6 Å². The summed E-state index contributed by atoms with van der Waals surface area (Å²) in [6, 6.07) is 10.0. The molecule has 25 heavy (non-hydrogen) atoms. The molecule has 0 aliphatic carbocycles. The maximum Gasteiger partial charge on any atom is 0.191 e. The average Bonchev–Trinajstić information content (AvgIpc) is 3.08. The van der Waals surface area contributed by atoms with Crippen LogP contribution in [0.3, 0.4) is 0 Å². The van der Waals surface area contributed by atoms with Gasteiger partial charge in [0.25, 0.3) is 0 Å². The van der Waals surface area contributed by atoms with Crippen molar-refractivity contribution < 1.29 is 5.11 Å². The number of hydrogen-bond donors (Lipinski definition) is 3. The summed E-state index contributed by atoms with van der Waals surface area (Å²) in [4.78, 5) is 8.93. The molecular weight excluding hydrogens is 332 g/mol. The van der Waals surface area contributed by atoms with Gasteiger partial charge in [-0.05, 0) is 5.56 Å². The number of aromatic nitrogens is 1. The number of aliphatic hydroxyl groups excluding tert-OH is 1. The molecule has 3 N–H and O–H groups in total. The van der Waals surface area contributed by atoms with E-state index in [0.29, 0.717) is 19.0 Å². The Kier molecular flexibility index (Phi) is 6.96. The highest BCUT2D eigenvalue weighted by molar-refractivity contribution is 7.09. The molecule has 0 aliphatic heterocycles. The first-order valence-electron chi connectivity index (χ1n) is 8.49. The first-order chi connectivity index (χ1) is 11.9. The van der Waals surface area contributed by atoms with E-state index in [2.05, 4.69) is 46.8 Å². The zero-order valence-corrected chi connectivity index (χ0v) is 16.2. The maximum absolute atomic E-state index is 9.64. The van der Waals surface area contributed by atoms with Crippen LogP contribution in [0.2, 0.25) is 0 Å². The van der Waals surface area contributed by atoms with Gasteiger partial charge in [0.1, 0.15) is 0 Å². The van der Waals surface area contributed by atoms with E-state index in [-0.39, 0.29) is 17.9 Å². The van der Waals surface area contributed by atoms with Gasteiger partial charge in [0.15, 0.2) is 5.96 Å². The third-order valence-electron chi connectivity index (χ3n) is 3.86. The first kappa shape index (κ1) is 19.4. The van der Waals surface area contributed by atoms with Crippen LogP contribution in [0, 0.1) is 0 Å². The molecule has 0 amide bonds. The van der Waals surface area contributed by atoms with Crippen molar-refractivity contribution >= 4 is 17.3 Å². The quantitative estimate of drug-likeness (QED) is 0.547. The molecule has 0 spiro atoms. The predicted molar refractivity (Wildman–Crippen MR) is 105 cm³/mol. The Labute approximate surface area is 154 Å². The largest absolute Gasteiger partial charge is 0.396 e. The van der Waals surface area contributed by atoms with Gasteiger partial charge in [-0.3, -0.25) is 4.99 Å². The molecule has 1 heterocycles.